The van der Waals surface area contributed by atoms with E-state index < -0.39 is 4.92 Å². The summed E-state index contributed by atoms with van der Waals surface area (Å²) in [5.41, 5.74) is 3.67. The van der Waals surface area contributed by atoms with E-state index in [9.17, 15) is 15.2 Å². The van der Waals surface area contributed by atoms with Gasteiger partial charge in [0.25, 0.3) is 5.69 Å². The van der Waals surface area contributed by atoms with E-state index in [1.807, 2.05) is 35.9 Å². The molecule has 2 N–H and O–H groups in total. The van der Waals surface area contributed by atoms with Gasteiger partial charge in [0, 0.05) is 18.5 Å². The summed E-state index contributed by atoms with van der Waals surface area (Å²) in [7, 11) is 0. The first-order valence-electron chi connectivity index (χ1n) is 7.13. The highest BCUT2D eigenvalue weighted by Crippen LogP contribution is 2.26. The van der Waals surface area contributed by atoms with Gasteiger partial charge in [-0.2, -0.15) is 0 Å². The van der Waals surface area contributed by atoms with Gasteiger partial charge in [0.1, 0.15) is 11.3 Å². The smallest absolute Gasteiger partial charge is 0.292 e. The Labute approximate surface area is 132 Å². The van der Waals surface area contributed by atoms with Crippen molar-refractivity contribution in [3.8, 4) is 0 Å². The molecule has 3 aromatic rings. The van der Waals surface area contributed by atoms with E-state index in [0.29, 0.717) is 17.8 Å². The van der Waals surface area contributed by atoms with Crippen molar-refractivity contribution >= 4 is 17.0 Å². The lowest BCUT2D eigenvalue weighted by Gasteiger charge is -2.07. The molecule has 0 spiro atoms. The molecule has 0 saturated heterocycles. The highest BCUT2D eigenvalue weighted by atomic mass is 16.6. The number of anilines is 1. The number of hydrogen-bond donors (Lipinski definition) is 2. The van der Waals surface area contributed by atoms with Crippen LogP contribution in [-0.4, -0.2) is 19.4 Å². The maximum atomic E-state index is 11.1. The number of imidazole rings is 1. The van der Waals surface area contributed by atoms with Crippen molar-refractivity contribution < 1.29 is 10.0 Å². The van der Waals surface area contributed by atoms with Gasteiger partial charge in [0.05, 0.1) is 23.8 Å². The summed E-state index contributed by atoms with van der Waals surface area (Å²) in [5, 5.41) is 23.3. The van der Waals surface area contributed by atoms with Crippen LogP contribution in [0, 0.1) is 17.0 Å². The topological polar surface area (TPSA) is 92.7 Å². The van der Waals surface area contributed by atoms with E-state index in [2.05, 4.69) is 10.3 Å². The number of nitro benzene ring substituents is 1. The minimum absolute atomic E-state index is 0.0258. The predicted molar refractivity (Wildman–Crippen MR) is 86.3 cm³/mol. The average molecular weight is 312 g/mol. The van der Waals surface area contributed by atoms with Crippen molar-refractivity contribution in [3.63, 3.8) is 0 Å². The van der Waals surface area contributed by atoms with Gasteiger partial charge in [-0.15, -0.1) is 0 Å². The molecule has 0 bridgehead atoms. The number of nitro groups is 1. The highest BCUT2D eigenvalue weighted by Gasteiger charge is 2.14. The van der Waals surface area contributed by atoms with Crippen molar-refractivity contribution in [3.05, 3.63) is 69.7 Å². The Morgan fingerprint density at radius 3 is 2.91 bits per heavy atom. The number of aryl methyl sites for hydroxylation is 1. The molecular weight excluding hydrogens is 296 g/mol. The Morgan fingerprint density at radius 2 is 2.22 bits per heavy atom. The summed E-state index contributed by atoms with van der Waals surface area (Å²) in [6, 6.07) is 8.43. The fourth-order valence-electron chi connectivity index (χ4n) is 2.46. The molecule has 23 heavy (non-hydrogen) atoms. The molecule has 0 saturated carbocycles. The molecule has 7 nitrogen and oxygen atoms in total. The Balaban J connectivity index is 1.86. The van der Waals surface area contributed by atoms with Crippen LogP contribution in [-0.2, 0) is 13.2 Å². The zero-order chi connectivity index (χ0) is 16.4. The van der Waals surface area contributed by atoms with Crippen LogP contribution in [0.25, 0.3) is 5.65 Å². The van der Waals surface area contributed by atoms with E-state index in [1.165, 1.54) is 12.1 Å². The van der Waals surface area contributed by atoms with Crippen molar-refractivity contribution in [2.45, 2.75) is 20.1 Å². The molecule has 1 aromatic carbocycles. The Bertz CT molecular complexity index is 873. The van der Waals surface area contributed by atoms with Gasteiger partial charge in [-0.3, -0.25) is 10.1 Å². The number of hydrogen-bond acceptors (Lipinski definition) is 5. The third-order valence-electron chi connectivity index (χ3n) is 3.63. The normalized spacial score (nSPS) is 10.9. The summed E-state index contributed by atoms with van der Waals surface area (Å²) in [5.74, 6) is 0. The minimum atomic E-state index is -0.447. The van der Waals surface area contributed by atoms with Crippen LogP contribution in [0.1, 0.15) is 16.8 Å². The Hall–Kier alpha value is -2.93. The molecular formula is C16H16N4O3. The number of aliphatic hydroxyl groups is 1. The first-order chi connectivity index (χ1) is 11.1. The van der Waals surface area contributed by atoms with E-state index in [0.717, 1.165) is 16.9 Å². The molecule has 0 radical (unpaired) electrons. The fraction of sp³-hybridized carbons (Fsp3) is 0.188. The molecule has 118 valence electrons. The number of aliphatic hydroxyl groups excluding tert-OH is 1. The third-order valence-corrected chi connectivity index (χ3v) is 3.63. The summed E-state index contributed by atoms with van der Waals surface area (Å²) in [6.45, 7) is 2.17. The minimum Gasteiger partial charge on any atom is -0.392 e. The molecule has 7 heteroatoms. The molecule has 0 amide bonds. The number of aromatic nitrogens is 2. The second kappa shape index (κ2) is 6.05. The third kappa shape index (κ3) is 3.00. The lowest BCUT2D eigenvalue weighted by molar-refractivity contribution is -0.384. The molecule has 2 aromatic heterocycles. The molecule has 0 aliphatic rings. The Kier molecular flexibility index (Phi) is 3.94. The number of benzene rings is 1. The van der Waals surface area contributed by atoms with Crippen LogP contribution in [0.2, 0.25) is 0 Å². The van der Waals surface area contributed by atoms with Gasteiger partial charge in [-0.1, -0.05) is 6.07 Å². The van der Waals surface area contributed by atoms with Gasteiger partial charge >= 0.3 is 0 Å². The predicted octanol–water partition coefficient (Wildman–Crippen LogP) is 2.66. The zero-order valence-electron chi connectivity index (χ0n) is 12.6. The zero-order valence-corrected chi connectivity index (χ0v) is 12.6. The summed E-state index contributed by atoms with van der Waals surface area (Å²) in [4.78, 5) is 15.2. The van der Waals surface area contributed by atoms with Gasteiger partial charge in [-0.05, 0) is 36.2 Å². The molecule has 0 aliphatic heterocycles. The average Bonchev–Trinajstić information content (AvgIpc) is 2.97. The first-order valence-corrected chi connectivity index (χ1v) is 7.13. The molecule has 0 atom stereocenters. The van der Waals surface area contributed by atoms with Gasteiger partial charge in [0.15, 0.2) is 0 Å². The van der Waals surface area contributed by atoms with E-state index in [-0.39, 0.29) is 12.3 Å². The quantitative estimate of drug-likeness (QED) is 0.558. The summed E-state index contributed by atoms with van der Waals surface area (Å²) < 4.78 is 1.92. The second-order valence-corrected chi connectivity index (χ2v) is 5.27. The molecule has 2 heterocycles. The van der Waals surface area contributed by atoms with Crippen LogP contribution in [0.15, 0.2) is 42.7 Å². The van der Waals surface area contributed by atoms with Crippen LogP contribution in [0.4, 0.5) is 11.4 Å². The van der Waals surface area contributed by atoms with E-state index >= 15 is 0 Å². The fourth-order valence-corrected chi connectivity index (χ4v) is 2.46. The molecule has 0 unspecified atom stereocenters. The second-order valence-electron chi connectivity index (χ2n) is 5.27. The number of nitrogens with zero attached hydrogens (tertiary/aromatic N) is 3. The van der Waals surface area contributed by atoms with E-state index in [1.54, 1.807) is 6.07 Å². The maximum Gasteiger partial charge on any atom is 0.292 e. The molecule has 0 fully saturated rings. The van der Waals surface area contributed by atoms with Gasteiger partial charge in [0.2, 0.25) is 0 Å². The maximum absolute atomic E-state index is 11.1. The summed E-state index contributed by atoms with van der Waals surface area (Å²) >= 11 is 0. The van der Waals surface area contributed by atoms with Crippen LogP contribution < -0.4 is 5.32 Å². The van der Waals surface area contributed by atoms with Crippen molar-refractivity contribution in [1.82, 2.24) is 9.38 Å². The highest BCUT2D eigenvalue weighted by molar-refractivity contribution is 5.63. The largest absolute Gasteiger partial charge is 0.392 e. The van der Waals surface area contributed by atoms with Crippen LogP contribution in [0.5, 0.6) is 0 Å². The number of fused-ring (bicyclic) bond motifs is 1. The van der Waals surface area contributed by atoms with E-state index in [4.69, 9.17) is 0 Å². The van der Waals surface area contributed by atoms with Crippen LogP contribution >= 0.6 is 0 Å². The SMILES string of the molecule is Cc1cccn2cc(CNc3cc(CO)ccc3[N+](=O)[O-])nc12. The van der Waals surface area contributed by atoms with Crippen LogP contribution in [0.3, 0.4) is 0 Å². The van der Waals surface area contributed by atoms with Crippen molar-refractivity contribution in [2.24, 2.45) is 0 Å². The lowest BCUT2D eigenvalue weighted by Crippen LogP contribution is -2.03. The van der Waals surface area contributed by atoms with Crippen molar-refractivity contribution in [2.75, 3.05) is 5.32 Å². The van der Waals surface area contributed by atoms with Crippen molar-refractivity contribution in [1.29, 1.82) is 0 Å². The Morgan fingerprint density at radius 1 is 1.39 bits per heavy atom. The number of nitrogens with one attached hydrogen (secondary N) is 1. The molecule has 0 aliphatic carbocycles. The van der Waals surface area contributed by atoms with Gasteiger partial charge in [-0.25, -0.2) is 4.98 Å². The summed E-state index contributed by atoms with van der Waals surface area (Å²) in [6.07, 6.45) is 3.80. The molecule has 3 rings (SSSR count). The van der Waals surface area contributed by atoms with Gasteiger partial charge < -0.3 is 14.8 Å². The standard InChI is InChI=1S/C16H16N4O3/c1-11-3-2-6-19-9-13(18-16(11)19)8-17-14-7-12(10-21)4-5-15(14)20(22)23/h2-7,9,17,21H,8,10H2,1H3. The monoisotopic (exact) mass is 312 g/mol. The first kappa shape index (κ1) is 15.0. The number of pyridine rings is 1. The number of rotatable bonds is 5. The lowest BCUT2D eigenvalue weighted by atomic mass is 10.2.